The van der Waals surface area contributed by atoms with Crippen LogP contribution in [-0.2, 0) is 19.6 Å². The molecule has 0 heterocycles. The maximum absolute atomic E-state index is 12.4. The average molecular weight is 297 g/mol. The van der Waals surface area contributed by atoms with Crippen molar-refractivity contribution in [3.05, 3.63) is 29.8 Å². The second-order valence-corrected chi connectivity index (χ2v) is 7.01. The third kappa shape index (κ3) is 3.12. The molecule has 0 saturated heterocycles. The Morgan fingerprint density at radius 1 is 1.25 bits per heavy atom. The lowest BCUT2D eigenvalue weighted by molar-refractivity contribution is -0.145. The maximum Gasteiger partial charge on any atom is 0.310 e. The van der Waals surface area contributed by atoms with Gasteiger partial charge in [-0.25, -0.2) is 8.42 Å². The SMILES string of the molecule is COC(=O)C1CCCC1S(=O)(=O)Nc1ccc(C)cc1. The molecule has 0 radical (unpaired) electrons. The van der Waals surface area contributed by atoms with E-state index in [4.69, 9.17) is 4.74 Å². The highest BCUT2D eigenvalue weighted by Crippen LogP contribution is 2.32. The minimum Gasteiger partial charge on any atom is -0.469 e. The molecule has 2 rings (SSSR count). The Labute approximate surface area is 119 Å². The van der Waals surface area contributed by atoms with E-state index in [1.54, 1.807) is 12.1 Å². The third-order valence-electron chi connectivity index (χ3n) is 3.67. The fourth-order valence-corrected chi connectivity index (χ4v) is 4.35. The first-order chi connectivity index (χ1) is 9.44. The topological polar surface area (TPSA) is 72.5 Å². The van der Waals surface area contributed by atoms with E-state index in [2.05, 4.69) is 4.72 Å². The summed E-state index contributed by atoms with van der Waals surface area (Å²) in [5.74, 6) is -1.01. The molecule has 1 saturated carbocycles. The van der Waals surface area contributed by atoms with E-state index in [1.165, 1.54) is 7.11 Å². The Morgan fingerprint density at radius 2 is 1.90 bits per heavy atom. The van der Waals surface area contributed by atoms with Crippen LogP contribution in [0.25, 0.3) is 0 Å². The molecule has 1 aromatic rings. The predicted molar refractivity (Wildman–Crippen MR) is 76.9 cm³/mol. The number of esters is 1. The smallest absolute Gasteiger partial charge is 0.310 e. The molecule has 2 atom stereocenters. The highest BCUT2D eigenvalue weighted by Gasteiger charge is 2.42. The van der Waals surface area contributed by atoms with Gasteiger partial charge in [-0.3, -0.25) is 9.52 Å². The summed E-state index contributed by atoms with van der Waals surface area (Å²) in [7, 11) is -2.29. The summed E-state index contributed by atoms with van der Waals surface area (Å²) in [5.41, 5.74) is 1.58. The molecule has 0 amide bonds. The Hall–Kier alpha value is -1.56. The first-order valence-corrected chi connectivity index (χ1v) is 8.15. The first-order valence-electron chi connectivity index (χ1n) is 6.60. The van der Waals surface area contributed by atoms with Crippen molar-refractivity contribution < 1.29 is 17.9 Å². The lowest BCUT2D eigenvalue weighted by Gasteiger charge is -2.19. The molecule has 5 nitrogen and oxygen atoms in total. The summed E-state index contributed by atoms with van der Waals surface area (Å²) in [4.78, 5) is 11.7. The van der Waals surface area contributed by atoms with E-state index in [1.807, 2.05) is 19.1 Å². The molecule has 1 aliphatic rings. The number of ether oxygens (including phenoxy) is 1. The number of nitrogens with one attached hydrogen (secondary N) is 1. The maximum atomic E-state index is 12.4. The highest BCUT2D eigenvalue weighted by molar-refractivity contribution is 7.93. The van der Waals surface area contributed by atoms with Gasteiger partial charge in [0, 0.05) is 5.69 Å². The highest BCUT2D eigenvalue weighted by atomic mass is 32.2. The van der Waals surface area contributed by atoms with Crippen LogP contribution in [0.5, 0.6) is 0 Å². The van der Waals surface area contributed by atoms with E-state index in [0.29, 0.717) is 18.5 Å². The van der Waals surface area contributed by atoms with Crippen LogP contribution in [0.1, 0.15) is 24.8 Å². The summed E-state index contributed by atoms with van der Waals surface area (Å²) < 4.78 is 32.1. The zero-order valence-electron chi connectivity index (χ0n) is 11.6. The second kappa shape index (κ2) is 5.83. The molecule has 1 aliphatic carbocycles. The van der Waals surface area contributed by atoms with Crippen molar-refractivity contribution in [3.63, 3.8) is 0 Å². The Morgan fingerprint density at radius 3 is 2.50 bits per heavy atom. The van der Waals surface area contributed by atoms with Gasteiger partial charge in [0.15, 0.2) is 0 Å². The molecular formula is C14H19NO4S. The molecule has 0 bridgehead atoms. The van der Waals surface area contributed by atoms with Crippen LogP contribution < -0.4 is 4.72 Å². The van der Waals surface area contributed by atoms with Crippen LogP contribution in [0.2, 0.25) is 0 Å². The summed E-state index contributed by atoms with van der Waals surface area (Å²) in [6, 6.07) is 7.11. The van der Waals surface area contributed by atoms with Crippen LogP contribution in [0.3, 0.4) is 0 Å². The minimum absolute atomic E-state index is 0.443. The van der Waals surface area contributed by atoms with Gasteiger partial charge in [0.25, 0.3) is 0 Å². The number of carbonyl (C=O) groups excluding carboxylic acids is 1. The van der Waals surface area contributed by atoms with Gasteiger partial charge in [0.2, 0.25) is 10.0 Å². The van der Waals surface area contributed by atoms with Crippen LogP contribution in [0.15, 0.2) is 24.3 Å². The minimum atomic E-state index is -3.58. The van der Waals surface area contributed by atoms with E-state index >= 15 is 0 Å². The molecule has 0 aromatic heterocycles. The molecule has 1 fully saturated rings. The predicted octanol–water partition coefficient (Wildman–Crippen LogP) is 2.08. The molecule has 6 heteroatoms. The number of anilines is 1. The third-order valence-corrected chi connectivity index (χ3v) is 5.55. The summed E-state index contributed by atoms with van der Waals surface area (Å²) >= 11 is 0. The zero-order chi connectivity index (χ0) is 14.8. The molecule has 2 unspecified atom stereocenters. The number of rotatable bonds is 4. The largest absolute Gasteiger partial charge is 0.469 e. The van der Waals surface area contributed by atoms with Crippen LogP contribution in [0, 0.1) is 12.8 Å². The van der Waals surface area contributed by atoms with Crippen molar-refractivity contribution in [3.8, 4) is 0 Å². The number of benzene rings is 1. The first kappa shape index (κ1) is 14.8. The second-order valence-electron chi connectivity index (χ2n) is 5.11. The van der Waals surface area contributed by atoms with Gasteiger partial charge < -0.3 is 4.74 Å². The van der Waals surface area contributed by atoms with E-state index < -0.39 is 27.2 Å². The Kier molecular flexibility index (Phi) is 4.32. The van der Waals surface area contributed by atoms with Crippen molar-refractivity contribution in [2.45, 2.75) is 31.4 Å². The van der Waals surface area contributed by atoms with E-state index in [-0.39, 0.29) is 0 Å². The van der Waals surface area contributed by atoms with Crippen molar-refractivity contribution >= 4 is 21.7 Å². The van der Waals surface area contributed by atoms with Crippen molar-refractivity contribution in [1.29, 1.82) is 0 Å². The summed E-state index contributed by atoms with van der Waals surface area (Å²) in [6.07, 6.45) is 1.77. The molecule has 20 heavy (non-hydrogen) atoms. The van der Waals surface area contributed by atoms with Gasteiger partial charge in [-0.15, -0.1) is 0 Å². The summed E-state index contributed by atoms with van der Waals surface area (Å²) in [5, 5.41) is -0.712. The Balaban J connectivity index is 2.17. The molecule has 110 valence electrons. The van der Waals surface area contributed by atoms with Crippen LogP contribution in [0.4, 0.5) is 5.69 Å². The Bertz CT molecular complexity index is 580. The van der Waals surface area contributed by atoms with Gasteiger partial charge in [0.1, 0.15) is 0 Å². The lowest BCUT2D eigenvalue weighted by atomic mass is 10.1. The van der Waals surface area contributed by atoms with Crippen molar-refractivity contribution in [2.24, 2.45) is 5.92 Å². The molecular weight excluding hydrogens is 278 g/mol. The van der Waals surface area contributed by atoms with Crippen molar-refractivity contribution in [1.82, 2.24) is 0 Å². The molecule has 1 N–H and O–H groups in total. The number of hydrogen-bond acceptors (Lipinski definition) is 4. The fourth-order valence-electron chi connectivity index (χ4n) is 2.58. The van der Waals surface area contributed by atoms with Gasteiger partial charge in [-0.05, 0) is 31.9 Å². The van der Waals surface area contributed by atoms with Gasteiger partial charge in [0.05, 0.1) is 18.3 Å². The quantitative estimate of drug-likeness (QED) is 0.864. The standard InChI is InChI=1S/C14H19NO4S/c1-10-6-8-11(9-7-10)15-20(17,18)13-5-3-4-12(13)14(16)19-2/h6-9,12-13,15H,3-5H2,1-2H3. The molecule has 0 aliphatic heterocycles. The van der Waals surface area contributed by atoms with Gasteiger partial charge in [-0.2, -0.15) is 0 Å². The number of hydrogen-bond donors (Lipinski definition) is 1. The van der Waals surface area contributed by atoms with Crippen LogP contribution in [-0.4, -0.2) is 26.7 Å². The average Bonchev–Trinajstić information content (AvgIpc) is 2.90. The summed E-state index contributed by atoms with van der Waals surface area (Å²) in [6.45, 7) is 1.93. The monoisotopic (exact) mass is 297 g/mol. The lowest BCUT2D eigenvalue weighted by Crippen LogP contribution is -2.35. The fraction of sp³-hybridized carbons (Fsp3) is 0.500. The number of methoxy groups -OCH3 is 1. The number of carbonyl (C=O) groups is 1. The normalized spacial score (nSPS) is 22.5. The molecule has 1 aromatic carbocycles. The zero-order valence-corrected chi connectivity index (χ0v) is 12.4. The molecule has 0 spiro atoms. The van der Waals surface area contributed by atoms with E-state index in [0.717, 1.165) is 12.0 Å². The number of sulfonamides is 1. The van der Waals surface area contributed by atoms with E-state index in [9.17, 15) is 13.2 Å². The number of aryl methyl sites for hydroxylation is 1. The van der Waals surface area contributed by atoms with Gasteiger partial charge >= 0.3 is 5.97 Å². The van der Waals surface area contributed by atoms with Crippen molar-refractivity contribution in [2.75, 3.05) is 11.8 Å². The van der Waals surface area contributed by atoms with Gasteiger partial charge in [-0.1, -0.05) is 24.1 Å². The van der Waals surface area contributed by atoms with Crippen LogP contribution >= 0.6 is 0 Å².